The monoisotopic (exact) mass is 285 g/mol. The molecular formula is C12H12ClNO5. The van der Waals surface area contributed by atoms with Crippen molar-refractivity contribution in [2.45, 2.75) is 12.5 Å². The molecule has 0 unspecified atom stereocenters. The molecule has 0 saturated carbocycles. The summed E-state index contributed by atoms with van der Waals surface area (Å²) >= 11 is 5.83. The Kier molecular flexibility index (Phi) is 4.34. The Labute approximate surface area is 114 Å². The second kappa shape index (κ2) is 5.99. The molecule has 0 atom stereocenters. The van der Waals surface area contributed by atoms with Gasteiger partial charge in [-0.15, -0.1) is 0 Å². The summed E-state index contributed by atoms with van der Waals surface area (Å²) in [6.07, 6.45) is 1.05. The van der Waals surface area contributed by atoms with Crippen LogP contribution in [-0.2, 0) is 23.9 Å². The van der Waals surface area contributed by atoms with E-state index in [-0.39, 0.29) is 18.9 Å². The summed E-state index contributed by atoms with van der Waals surface area (Å²) in [4.78, 5) is 33.2. The van der Waals surface area contributed by atoms with Crippen LogP contribution in [0.15, 0.2) is 22.6 Å². The average molecular weight is 286 g/mol. The first-order chi connectivity index (χ1) is 9.10. The molecule has 0 aromatic carbocycles. The summed E-state index contributed by atoms with van der Waals surface area (Å²) in [6.45, 7) is 1.08. The number of dihydropyridines is 1. The predicted molar refractivity (Wildman–Crippen MR) is 65.4 cm³/mol. The maximum atomic E-state index is 11.9. The molecule has 2 heterocycles. The number of allylic oxidation sites excluding steroid dienone is 1. The predicted octanol–water partition coefficient (Wildman–Crippen LogP) is 0.0665. The van der Waals surface area contributed by atoms with E-state index in [9.17, 15) is 14.4 Å². The van der Waals surface area contributed by atoms with Gasteiger partial charge < -0.3 is 14.8 Å². The Morgan fingerprint density at radius 3 is 2.84 bits per heavy atom. The highest BCUT2D eigenvalue weighted by Crippen LogP contribution is 2.22. The van der Waals surface area contributed by atoms with Gasteiger partial charge in [0.1, 0.15) is 17.0 Å². The molecule has 19 heavy (non-hydrogen) atoms. The van der Waals surface area contributed by atoms with E-state index >= 15 is 0 Å². The third kappa shape index (κ3) is 3.42. The van der Waals surface area contributed by atoms with E-state index in [2.05, 4.69) is 5.32 Å². The van der Waals surface area contributed by atoms with Gasteiger partial charge in [0.15, 0.2) is 12.1 Å². The zero-order valence-electron chi connectivity index (χ0n) is 9.98. The topological polar surface area (TPSA) is 81.7 Å². The summed E-state index contributed by atoms with van der Waals surface area (Å²) in [7, 11) is 0. The highest BCUT2D eigenvalue weighted by molar-refractivity contribution is 6.31. The van der Waals surface area contributed by atoms with E-state index in [1.807, 2.05) is 0 Å². The molecule has 0 aliphatic carbocycles. The van der Waals surface area contributed by atoms with Crippen LogP contribution in [0.3, 0.4) is 0 Å². The zero-order chi connectivity index (χ0) is 13.8. The second-order valence-corrected chi connectivity index (χ2v) is 4.56. The van der Waals surface area contributed by atoms with Gasteiger partial charge in [-0.05, 0) is 0 Å². The quantitative estimate of drug-likeness (QED) is 0.322. The summed E-state index contributed by atoms with van der Waals surface area (Å²) in [6, 6.07) is 0. The van der Waals surface area contributed by atoms with Gasteiger partial charge in [-0.25, -0.2) is 0 Å². The van der Waals surface area contributed by atoms with E-state index in [0.29, 0.717) is 29.7 Å². The first kappa shape index (κ1) is 13.8. The number of hydrogen-bond acceptors (Lipinski definition) is 6. The van der Waals surface area contributed by atoms with E-state index in [1.54, 1.807) is 0 Å². The summed E-state index contributed by atoms with van der Waals surface area (Å²) in [5, 5.41) is 3.14. The number of aldehydes is 1. The van der Waals surface area contributed by atoms with Crippen molar-refractivity contribution in [3.8, 4) is 0 Å². The fourth-order valence-electron chi connectivity index (χ4n) is 1.62. The number of carbonyl (C=O) groups is 3. The third-order valence-electron chi connectivity index (χ3n) is 2.69. The SMILES string of the molecule is O=CC(=O)CC(=O)C1=C(OC2COC2)C=C(Cl)NC1. The normalized spacial score (nSPS) is 19.1. The van der Waals surface area contributed by atoms with Crippen molar-refractivity contribution >= 4 is 29.5 Å². The second-order valence-electron chi connectivity index (χ2n) is 4.15. The number of carbonyl (C=O) groups excluding carboxylic acids is 3. The van der Waals surface area contributed by atoms with E-state index < -0.39 is 18.0 Å². The molecule has 2 aliphatic rings. The van der Waals surface area contributed by atoms with Crippen LogP contribution in [0.1, 0.15) is 6.42 Å². The molecule has 0 amide bonds. The third-order valence-corrected chi connectivity index (χ3v) is 2.94. The van der Waals surface area contributed by atoms with Crippen molar-refractivity contribution in [2.24, 2.45) is 0 Å². The largest absolute Gasteiger partial charge is 0.485 e. The van der Waals surface area contributed by atoms with Crippen LogP contribution in [0.2, 0.25) is 0 Å². The van der Waals surface area contributed by atoms with Crippen LogP contribution >= 0.6 is 11.6 Å². The van der Waals surface area contributed by atoms with Crippen LogP contribution in [0.25, 0.3) is 0 Å². The molecule has 102 valence electrons. The van der Waals surface area contributed by atoms with Gasteiger partial charge in [0.05, 0.1) is 25.2 Å². The van der Waals surface area contributed by atoms with Crippen LogP contribution in [-0.4, -0.2) is 43.7 Å². The van der Waals surface area contributed by atoms with Gasteiger partial charge in [-0.1, -0.05) is 11.6 Å². The van der Waals surface area contributed by atoms with Gasteiger partial charge in [0, 0.05) is 12.6 Å². The van der Waals surface area contributed by atoms with E-state index in [0.717, 1.165) is 0 Å². The molecule has 1 N–H and O–H groups in total. The number of Topliss-reactive ketones (excluding diaryl/α,β-unsaturated/α-hetero) is 2. The minimum atomic E-state index is -0.760. The van der Waals surface area contributed by atoms with E-state index in [4.69, 9.17) is 21.1 Å². The van der Waals surface area contributed by atoms with E-state index in [1.165, 1.54) is 6.08 Å². The molecule has 6 nitrogen and oxygen atoms in total. The Hall–Kier alpha value is -1.66. The minimum Gasteiger partial charge on any atom is -0.485 e. The molecule has 2 aliphatic heterocycles. The fraction of sp³-hybridized carbons (Fsp3) is 0.417. The van der Waals surface area contributed by atoms with Crippen LogP contribution in [0.4, 0.5) is 0 Å². The van der Waals surface area contributed by atoms with Gasteiger partial charge in [-0.2, -0.15) is 0 Å². The molecule has 0 radical (unpaired) electrons. The summed E-state index contributed by atoms with van der Waals surface area (Å²) < 4.78 is 10.6. The number of ketones is 2. The van der Waals surface area contributed by atoms with Crippen LogP contribution in [0.5, 0.6) is 0 Å². The van der Waals surface area contributed by atoms with Crippen molar-refractivity contribution in [1.29, 1.82) is 0 Å². The number of halogens is 1. The Morgan fingerprint density at radius 1 is 1.53 bits per heavy atom. The lowest BCUT2D eigenvalue weighted by atomic mass is 10.0. The van der Waals surface area contributed by atoms with Gasteiger partial charge in [-0.3, -0.25) is 14.4 Å². The van der Waals surface area contributed by atoms with Crippen LogP contribution < -0.4 is 5.32 Å². The molecule has 7 heteroatoms. The molecule has 0 bridgehead atoms. The highest BCUT2D eigenvalue weighted by atomic mass is 35.5. The fourth-order valence-corrected chi connectivity index (χ4v) is 1.79. The molecule has 0 spiro atoms. The number of nitrogens with one attached hydrogen (secondary N) is 1. The van der Waals surface area contributed by atoms with Gasteiger partial charge >= 0.3 is 0 Å². The maximum Gasteiger partial charge on any atom is 0.202 e. The number of ether oxygens (including phenoxy) is 2. The molecule has 0 aromatic rings. The number of rotatable bonds is 6. The Balaban J connectivity index is 2.15. The smallest absolute Gasteiger partial charge is 0.202 e. The number of hydrogen-bond donors (Lipinski definition) is 1. The zero-order valence-corrected chi connectivity index (χ0v) is 10.7. The lowest BCUT2D eigenvalue weighted by molar-refractivity contribution is -0.132. The summed E-state index contributed by atoms with van der Waals surface area (Å²) in [5.41, 5.74) is 0.312. The lowest BCUT2D eigenvalue weighted by Crippen LogP contribution is -2.37. The first-order valence-corrected chi connectivity index (χ1v) is 6.07. The highest BCUT2D eigenvalue weighted by Gasteiger charge is 2.26. The van der Waals surface area contributed by atoms with Crippen LogP contribution in [0, 0.1) is 0 Å². The Bertz CT molecular complexity index is 479. The van der Waals surface area contributed by atoms with Crippen molar-refractivity contribution < 1.29 is 23.9 Å². The van der Waals surface area contributed by atoms with Gasteiger partial charge in [0.2, 0.25) is 5.78 Å². The molecule has 2 rings (SSSR count). The first-order valence-electron chi connectivity index (χ1n) is 5.70. The molecule has 0 aromatic heterocycles. The van der Waals surface area contributed by atoms with Crippen molar-refractivity contribution in [3.63, 3.8) is 0 Å². The van der Waals surface area contributed by atoms with Gasteiger partial charge in [0.25, 0.3) is 0 Å². The molecule has 1 saturated heterocycles. The van der Waals surface area contributed by atoms with Crippen molar-refractivity contribution in [3.05, 3.63) is 22.6 Å². The summed E-state index contributed by atoms with van der Waals surface area (Å²) in [5.74, 6) is -0.870. The maximum absolute atomic E-state index is 11.9. The Morgan fingerprint density at radius 2 is 2.26 bits per heavy atom. The van der Waals surface area contributed by atoms with Crippen molar-refractivity contribution in [1.82, 2.24) is 5.32 Å². The molecular weight excluding hydrogens is 274 g/mol. The molecule has 1 fully saturated rings. The van der Waals surface area contributed by atoms with Crippen molar-refractivity contribution in [2.75, 3.05) is 19.8 Å². The lowest BCUT2D eigenvalue weighted by Gasteiger charge is -2.29. The standard InChI is InChI=1S/C12H12ClNO5/c13-12-2-11(19-8-5-18-6-8)9(3-14-12)10(17)1-7(16)4-15/h2,4,8,14H,1,3,5-6H2. The minimum absolute atomic E-state index is 0.113. The average Bonchev–Trinajstić information content (AvgIpc) is 2.33.